The number of nitrogens with zero attached hydrogens (tertiary/aromatic N) is 2. The van der Waals surface area contributed by atoms with Gasteiger partial charge in [-0.3, -0.25) is 9.88 Å². The van der Waals surface area contributed by atoms with E-state index in [1.807, 2.05) is 26.8 Å². The number of hydrogen-bond donors (Lipinski definition) is 2. The summed E-state index contributed by atoms with van der Waals surface area (Å²) in [5, 5.41) is 5.45. The summed E-state index contributed by atoms with van der Waals surface area (Å²) in [6.07, 6.45) is 3.07. The van der Waals surface area contributed by atoms with E-state index >= 15 is 0 Å². The highest BCUT2D eigenvalue weighted by Crippen LogP contribution is 2.24. The Morgan fingerprint density at radius 1 is 1.00 bits per heavy atom. The van der Waals surface area contributed by atoms with E-state index in [4.69, 9.17) is 9.47 Å². The molecular formula is C20H36Cl2N4O4. The standard InChI is InChI=1S/C20H34N4O4.2ClH/c1-6-8-12-22-19(25)27-16(4)24(18-11-10-14-21-15(18)3)17(5)28-20(26)23-13-9-7-2;;/h10-11,14,16-17H,6-9,12-13H2,1-5H3,(H,22,25)(H,23,26);2*1H. The highest BCUT2D eigenvalue weighted by Gasteiger charge is 2.27. The van der Waals surface area contributed by atoms with Gasteiger partial charge in [-0.05, 0) is 45.7 Å². The zero-order chi connectivity index (χ0) is 20.9. The molecule has 174 valence electrons. The quantitative estimate of drug-likeness (QED) is 0.359. The summed E-state index contributed by atoms with van der Waals surface area (Å²) >= 11 is 0. The summed E-state index contributed by atoms with van der Waals surface area (Å²) in [6.45, 7) is 10.5. The van der Waals surface area contributed by atoms with Crippen molar-refractivity contribution >= 4 is 42.7 Å². The van der Waals surface area contributed by atoms with E-state index in [1.54, 1.807) is 31.0 Å². The Morgan fingerprint density at radius 3 is 1.87 bits per heavy atom. The highest BCUT2D eigenvalue weighted by atomic mass is 35.5. The molecule has 1 rings (SSSR count). The molecule has 8 nitrogen and oxygen atoms in total. The molecular weight excluding hydrogens is 431 g/mol. The smallest absolute Gasteiger partial charge is 0.409 e. The molecule has 0 aromatic carbocycles. The van der Waals surface area contributed by atoms with Gasteiger partial charge in [-0.2, -0.15) is 0 Å². The number of carbonyl (C=O) groups is 2. The second-order valence-corrected chi connectivity index (χ2v) is 6.59. The van der Waals surface area contributed by atoms with Crippen LogP contribution in [0.2, 0.25) is 0 Å². The third kappa shape index (κ3) is 10.7. The van der Waals surface area contributed by atoms with E-state index < -0.39 is 24.6 Å². The lowest BCUT2D eigenvalue weighted by Crippen LogP contribution is -2.47. The van der Waals surface area contributed by atoms with Crippen molar-refractivity contribution in [3.05, 3.63) is 24.0 Å². The molecule has 1 aromatic heterocycles. The monoisotopic (exact) mass is 466 g/mol. The van der Waals surface area contributed by atoms with Gasteiger partial charge in [0.2, 0.25) is 0 Å². The van der Waals surface area contributed by atoms with Crippen LogP contribution in [-0.4, -0.2) is 42.7 Å². The summed E-state index contributed by atoms with van der Waals surface area (Å²) in [7, 11) is 0. The predicted octanol–water partition coefficient (Wildman–Crippen LogP) is 4.78. The number of rotatable bonds is 11. The molecule has 10 heteroatoms. The molecule has 2 unspecified atom stereocenters. The predicted molar refractivity (Wildman–Crippen MR) is 124 cm³/mol. The van der Waals surface area contributed by atoms with Gasteiger partial charge in [0.1, 0.15) is 0 Å². The normalized spacial score (nSPS) is 11.8. The minimum atomic E-state index is -0.664. The van der Waals surface area contributed by atoms with Crippen LogP contribution in [0, 0.1) is 6.92 Å². The lowest BCUT2D eigenvalue weighted by Gasteiger charge is -2.35. The van der Waals surface area contributed by atoms with Gasteiger partial charge in [-0.1, -0.05) is 26.7 Å². The van der Waals surface area contributed by atoms with Gasteiger partial charge < -0.3 is 20.1 Å². The molecule has 1 heterocycles. The van der Waals surface area contributed by atoms with Crippen LogP contribution in [0.5, 0.6) is 0 Å². The molecule has 2 amide bonds. The Hall–Kier alpha value is -1.93. The van der Waals surface area contributed by atoms with Crippen molar-refractivity contribution in [1.82, 2.24) is 15.6 Å². The number of aryl methyl sites for hydroxylation is 1. The van der Waals surface area contributed by atoms with Crippen LogP contribution in [0.3, 0.4) is 0 Å². The van der Waals surface area contributed by atoms with Crippen LogP contribution in [-0.2, 0) is 9.47 Å². The van der Waals surface area contributed by atoms with Crippen molar-refractivity contribution in [2.45, 2.75) is 72.8 Å². The molecule has 2 N–H and O–H groups in total. The van der Waals surface area contributed by atoms with Crippen molar-refractivity contribution < 1.29 is 19.1 Å². The van der Waals surface area contributed by atoms with E-state index in [9.17, 15) is 9.59 Å². The molecule has 1 aromatic rings. The number of hydrogen-bond acceptors (Lipinski definition) is 6. The second-order valence-electron chi connectivity index (χ2n) is 6.59. The minimum absolute atomic E-state index is 0. The van der Waals surface area contributed by atoms with Gasteiger partial charge in [0.15, 0.2) is 12.5 Å². The van der Waals surface area contributed by atoms with Crippen LogP contribution in [0.15, 0.2) is 18.3 Å². The molecule has 0 fully saturated rings. The molecule has 0 saturated heterocycles. The zero-order valence-electron chi connectivity index (χ0n) is 18.5. The molecule has 0 spiro atoms. The Morgan fingerprint density at radius 2 is 1.47 bits per heavy atom. The van der Waals surface area contributed by atoms with Gasteiger partial charge >= 0.3 is 12.2 Å². The Bertz CT molecular complexity index is 592. The fourth-order valence-electron chi connectivity index (χ4n) is 2.68. The number of amides is 2. The summed E-state index contributed by atoms with van der Waals surface area (Å²) in [5.41, 5.74) is 1.47. The third-order valence-corrected chi connectivity index (χ3v) is 4.20. The van der Waals surface area contributed by atoms with Crippen molar-refractivity contribution in [2.24, 2.45) is 0 Å². The topological polar surface area (TPSA) is 92.8 Å². The molecule has 0 aliphatic rings. The largest absolute Gasteiger partial charge is 0.426 e. The van der Waals surface area contributed by atoms with Crippen molar-refractivity contribution in [3.8, 4) is 0 Å². The van der Waals surface area contributed by atoms with Gasteiger partial charge in [0.25, 0.3) is 0 Å². The number of aromatic nitrogens is 1. The van der Waals surface area contributed by atoms with E-state index in [0.717, 1.165) is 37.1 Å². The highest BCUT2D eigenvalue weighted by molar-refractivity contribution is 5.85. The average molecular weight is 467 g/mol. The number of carbonyl (C=O) groups excluding carboxylic acids is 2. The molecule has 0 radical (unpaired) electrons. The molecule has 30 heavy (non-hydrogen) atoms. The maximum absolute atomic E-state index is 12.1. The summed E-state index contributed by atoms with van der Waals surface area (Å²) in [4.78, 5) is 30.2. The number of halogens is 2. The van der Waals surface area contributed by atoms with Crippen molar-refractivity contribution in [2.75, 3.05) is 18.0 Å². The number of ether oxygens (including phenoxy) is 2. The number of alkyl carbamates (subject to hydrolysis) is 2. The molecule has 0 saturated carbocycles. The zero-order valence-corrected chi connectivity index (χ0v) is 20.1. The van der Waals surface area contributed by atoms with E-state index in [2.05, 4.69) is 15.6 Å². The number of pyridine rings is 1. The van der Waals surface area contributed by atoms with Gasteiger partial charge in [0.05, 0.1) is 11.4 Å². The SMILES string of the molecule is CCCCNC(=O)OC(C)N(c1cccnc1C)C(C)OC(=O)NCCCC.Cl.Cl. The fourth-order valence-corrected chi connectivity index (χ4v) is 2.68. The first-order chi connectivity index (χ1) is 13.4. The maximum atomic E-state index is 12.1. The van der Waals surface area contributed by atoms with E-state index in [1.165, 1.54) is 0 Å². The van der Waals surface area contributed by atoms with E-state index in [-0.39, 0.29) is 24.8 Å². The first kappa shape index (κ1) is 30.3. The first-order valence-corrected chi connectivity index (χ1v) is 9.99. The number of nitrogens with one attached hydrogen (secondary N) is 2. The van der Waals surface area contributed by atoms with Crippen LogP contribution in [0.25, 0.3) is 0 Å². The van der Waals surface area contributed by atoms with Crippen LogP contribution in [0.4, 0.5) is 15.3 Å². The van der Waals surface area contributed by atoms with Crippen LogP contribution >= 0.6 is 24.8 Å². The second kappa shape index (κ2) is 16.8. The first-order valence-electron chi connectivity index (χ1n) is 9.99. The molecule has 0 aliphatic carbocycles. The Balaban J connectivity index is 0. The van der Waals surface area contributed by atoms with Crippen molar-refractivity contribution in [3.63, 3.8) is 0 Å². The van der Waals surface area contributed by atoms with Crippen LogP contribution < -0.4 is 15.5 Å². The van der Waals surface area contributed by atoms with Crippen molar-refractivity contribution in [1.29, 1.82) is 0 Å². The van der Waals surface area contributed by atoms with Gasteiger partial charge in [-0.15, -0.1) is 24.8 Å². The fraction of sp³-hybridized carbons (Fsp3) is 0.650. The summed E-state index contributed by atoms with van der Waals surface area (Å²) < 4.78 is 11.0. The minimum Gasteiger partial charge on any atom is -0.426 e. The number of anilines is 1. The average Bonchev–Trinajstić information content (AvgIpc) is 2.64. The number of unbranched alkanes of at least 4 members (excludes halogenated alkanes) is 2. The van der Waals surface area contributed by atoms with Gasteiger partial charge in [0, 0.05) is 19.3 Å². The summed E-state index contributed by atoms with van der Waals surface area (Å²) in [6, 6.07) is 3.64. The third-order valence-electron chi connectivity index (χ3n) is 4.20. The lowest BCUT2D eigenvalue weighted by atomic mass is 10.2. The maximum Gasteiger partial charge on any atom is 0.409 e. The van der Waals surface area contributed by atoms with E-state index in [0.29, 0.717) is 13.1 Å². The van der Waals surface area contributed by atoms with Crippen LogP contribution in [0.1, 0.15) is 59.1 Å². The molecule has 0 aliphatic heterocycles. The molecule has 0 bridgehead atoms. The van der Waals surface area contributed by atoms with Gasteiger partial charge in [-0.25, -0.2) is 9.59 Å². The lowest BCUT2D eigenvalue weighted by molar-refractivity contribution is 0.0552. The Labute approximate surface area is 192 Å². The molecule has 2 atom stereocenters. The summed E-state index contributed by atoms with van der Waals surface area (Å²) in [5.74, 6) is 0. The Kier molecular flexibility index (Phi) is 17.0.